The molecule has 1 aliphatic heterocycles. The molecule has 10 heteroatoms. The van der Waals surface area contributed by atoms with Crippen LogP contribution in [0.2, 0.25) is 0 Å². The van der Waals surface area contributed by atoms with Gasteiger partial charge in [-0.2, -0.15) is 0 Å². The van der Waals surface area contributed by atoms with Crippen molar-refractivity contribution in [2.24, 2.45) is 0 Å². The third-order valence-electron chi connectivity index (χ3n) is 6.54. The molecule has 0 bridgehead atoms. The summed E-state index contributed by atoms with van der Waals surface area (Å²) in [7, 11) is 3.23. The first-order valence-electron chi connectivity index (χ1n) is 11.6. The van der Waals surface area contributed by atoms with E-state index in [1.54, 1.807) is 25.0 Å². The topological polar surface area (TPSA) is 118 Å². The van der Waals surface area contributed by atoms with Crippen LogP contribution >= 0.6 is 0 Å². The van der Waals surface area contributed by atoms with Crippen LogP contribution in [0, 0.1) is 0 Å². The van der Waals surface area contributed by atoms with E-state index >= 15 is 0 Å². The molecular weight excluding hydrogens is 448 g/mol. The lowest BCUT2D eigenvalue weighted by Gasteiger charge is -2.35. The second kappa shape index (κ2) is 9.85. The molecule has 1 fully saturated rings. The van der Waals surface area contributed by atoms with Crippen LogP contribution in [-0.2, 0) is 6.54 Å². The number of H-pyrrole nitrogens is 1. The van der Waals surface area contributed by atoms with Gasteiger partial charge in [0.1, 0.15) is 17.5 Å². The molecule has 0 spiro atoms. The predicted octanol–water partition coefficient (Wildman–Crippen LogP) is 2.13. The van der Waals surface area contributed by atoms with Crippen molar-refractivity contribution in [3.05, 3.63) is 75.8 Å². The summed E-state index contributed by atoms with van der Waals surface area (Å²) in [5.41, 5.74) is 2.06. The molecule has 0 saturated carbocycles. The van der Waals surface area contributed by atoms with Gasteiger partial charge in [-0.1, -0.05) is 12.1 Å². The zero-order valence-corrected chi connectivity index (χ0v) is 19.7. The number of hydrogen-bond donors (Lipinski definition) is 2. The summed E-state index contributed by atoms with van der Waals surface area (Å²) in [6.07, 6.45) is 0.905. The minimum absolute atomic E-state index is 0.208. The van der Waals surface area contributed by atoms with Crippen LogP contribution in [0.25, 0.3) is 10.9 Å². The SMILES string of the molecule is COc1ccc(Cn2nnnc2C(c2cc3ccc(OC)cc3[nH]c2=O)N2CCC(O)CC2)cc1. The Morgan fingerprint density at radius 3 is 2.49 bits per heavy atom. The number of aromatic amines is 1. The molecular formula is C25H28N6O4. The number of tetrazole rings is 1. The van der Waals surface area contributed by atoms with Crippen molar-refractivity contribution in [1.82, 2.24) is 30.1 Å². The van der Waals surface area contributed by atoms with Crippen molar-refractivity contribution >= 4 is 10.9 Å². The van der Waals surface area contributed by atoms with Crippen LogP contribution in [0.5, 0.6) is 11.5 Å². The lowest BCUT2D eigenvalue weighted by atomic mass is 9.99. The molecule has 0 amide bonds. The van der Waals surface area contributed by atoms with E-state index in [0.29, 0.717) is 55.1 Å². The molecule has 2 aromatic carbocycles. The fraction of sp³-hybridized carbons (Fsp3) is 0.360. The van der Waals surface area contributed by atoms with Crippen molar-refractivity contribution in [2.75, 3.05) is 27.3 Å². The molecule has 1 aliphatic rings. The Bertz CT molecular complexity index is 1360. The van der Waals surface area contributed by atoms with Crippen LogP contribution < -0.4 is 15.0 Å². The van der Waals surface area contributed by atoms with E-state index in [9.17, 15) is 9.90 Å². The molecule has 5 rings (SSSR count). The molecule has 4 aromatic rings. The van der Waals surface area contributed by atoms with Crippen molar-refractivity contribution < 1.29 is 14.6 Å². The minimum atomic E-state index is -0.467. The summed E-state index contributed by atoms with van der Waals surface area (Å²) in [5, 5.41) is 23.5. The number of likely N-dealkylation sites (tertiary alicyclic amines) is 1. The number of fused-ring (bicyclic) bond motifs is 1. The number of nitrogens with one attached hydrogen (secondary N) is 1. The quantitative estimate of drug-likeness (QED) is 0.417. The number of aliphatic hydroxyl groups excluding tert-OH is 1. The lowest BCUT2D eigenvalue weighted by molar-refractivity contribution is 0.0659. The molecule has 1 unspecified atom stereocenters. The Kier molecular flexibility index (Phi) is 6.47. The summed E-state index contributed by atoms with van der Waals surface area (Å²) in [6, 6.07) is 14.7. The molecule has 2 N–H and O–H groups in total. The summed E-state index contributed by atoms with van der Waals surface area (Å²) < 4.78 is 12.3. The Morgan fingerprint density at radius 2 is 1.77 bits per heavy atom. The average Bonchev–Trinajstić information content (AvgIpc) is 3.33. The molecule has 0 aliphatic carbocycles. The maximum atomic E-state index is 13.4. The van der Waals surface area contributed by atoms with E-state index in [1.807, 2.05) is 42.5 Å². The van der Waals surface area contributed by atoms with Gasteiger partial charge in [0.15, 0.2) is 5.82 Å². The van der Waals surface area contributed by atoms with Gasteiger partial charge in [-0.3, -0.25) is 9.69 Å². The Labute approximate surface area is 202 Å². The number of aromatic nitrogens is 5. The second-order valence-electron chi connectivity index (χ2n) is 8.72. The number of aliphatic hydroxyl groups is 1. The number of nitrogens with zero attached hydrogens (tertiary/aromatic N) is 5. The van der Waals surface area contributed by atoms with Crippen molar-refractivity contribution in [1.29, 1.82) is 0 Å². The van der Waals surface area contributed by atoms with Crippen LogP contribution in [0.3, 0.4) is 0 Å². The summed E-state index contributed by atoms with van der Waals surface area (Å²) in [6.45, 7) is 1.70. The monoisotopic (exact) mass is 476 g/mol. The number of benzene rings is 2. The van der Waals surface area contributed by atoms with E-state index in [1.165, 1.54) is 0 Å². The normalized spacial score (nSPS) is 15.9. The number of piperidine rings is 1. The van der Waals surface area contributed by atoms with Gasteiger partial charge in [-0.25, -0.2) is 4.68 Å². The van der Waals surface area contributed by atoms with Crippen LogP contribution in [0.15, 0.2) is 53.3 Å². The largest absolute Gasteiger partial charge is 0.497 e. The number of rotatable bonds is 7. The van der Waals surface area contributed by atoms with Crippen LogP contribution in [-0.4, -0.2) is 68.6 Å². The number of methoxy groups -OCH3 is 2. The second-order valence-corrected chi connectivity index (χ2v) is 8.72. The van der Waals surface area contributed by atoms with Crippen LogP contribution in [0.4, 0.5) is 0 Å². The average molecular weight is 477 g/mol. The van der Waals surface area contributed by atoms with Crippen LogP contribution in [0.1, 0.15) is 35.8 Å². The number of pyridine rings is 1. The van der Waals surface area contributed by atoms with Gasteiger partial charge in [0.05, 0.1) is 32.4 Å². The highest BCUT2D eigenvalue weighted by Crippen LogP contribution is 2.30. The van der Waals surface area contributed by atoms with E-state index in [0.717, 1.165) is 16.7 Å². The van der Waals surface area contributed by atoms with E-state index in [-0.39, 0.29) is 11.7 Å². The van der Waals surface area contributed by atoms with Gasteiger partial charge in [-0.05, 0) is 64.5 Å². The maximum absolute atomic E-state index is 13.4. The van der Waals surface area contributed by atoms with E-state index in [4.69, 9.17) is 9.47 Å². The molecule has 1 atom stereocenters. The number of ether oxygens (including phenoxy) is 2. The van der Waals surface area contributed by atoms with Gasteiger partial charge >= 0.3 is 0 Å². The maximum Gasteiger partial charge on any atom is 0.253 e. The highest BCUT2D eigenvalue weighted by atomic mass is 16.5. The number of hydrogen-bond acceptors (Lipinski definition) is 8. The third-order valence-corrected chi connectivity index (χ3v) is 6.54. The first-order chi connectivity index (χ1) is 17.1. The zero-order chi connectivity index (χ0) is 24.4. The Hall–Kier alpha value is -3.76. The lowest BCUT2D eigenvalue weighted by Crippen LogP contribution is -2.41. The Balaban J connectivity index is 1.57. The summed E-state index contributed by atoms with van der Waals surface area (Å²) in [5.74, 6) is 2.02. The molecule has 3 heterocycles. The van der Waals surface area contributed by atoms with Crippen molar-refractivity contribution in [3.8, 4) is 11.5 Å². The highest BCUT2D eigenvalue weighted by Gasteiger charge is 2.32. The predicted molar refractivity (Wildman–Crippen MR) is 130 cm³/mol. The van der Waals surface area contributed by atoms with Gasteiger partial charge in [-0.15, -0.1) is 5.10 Å². The molecule has 10 nitrogen and oxygen atoms in total. The summed E-state index contributed by atoms with van der Waals surface area (Å²) in [4.78, 5) is 18.5. The standard InChI is InChI=1S/C25H28N6O4/c1-34-19-6-3-16(4-7-19)15-31-24(27-28-29-31)23(30-11-9-18(32)10-12-30)21-13-17-5-8-20(35-2)14-22(17)26-25(21)33/h3-8,13-14,18,23,32H,9-12,15H2,1-2H3,(H,26,33). The highest BCUT2D eigenvalue weighted by molar-refractivity contribution is 5.80. The smallest absolute Gasteiger partial charge is 0.253 e. The Morgan fingerprint density at radius 1 is 1.06 bits per heavy atom. The van der Waals surface area contributed by atoms with E-state index in [2.05, 4.69) is 25.4 Å². The molecule has 35 heavy (non-hydrogen) atoms. The minimum Gasteiger partial charge on any atom is -0.497 e. The fourth-order valence-corrected chi connectivity index (χ4v) is 4.59. The van der Waals surface area contributed by atoms with E-state index < -0.39 is 6.04 Å². The molecule has 1 saturated heterocycles. The third kappa shape index (κ3) is 4.75. The molecule has 2 aromatic heterocycles. The van der Waals surface area contributed by atoms with Gasteiger partial charge in [0, 0.05) is 24.7 Å². The molecule has 0 radical (unpaired) electrons. The summed E-state index contributed by atoms with van der Waals surface area (Å²) >= 11 is 0. The fourth-order valence-electron chi connectivity index (χ4n) is 4.59. The molecule has 182 valence electrons. The zero-order valence-electron chi connectivity index (χ0n) is 19.7. The van der Waals surface area contributed by atoms with Gasteiger partial charge in [0.25, 0.3) is 5.56 Å². The van der Waals surface area contributed by atoms with Crippen molar-refractivity contribution in [2.45, 2.75) is 31.5 Å². The van der Waals surface area contributed by atoms with Gasteiger partial charge < -0.3 is 19.6 Å². The first-order valence-corrected chi connectivity index (χ1v) is 11.6. The first kappa shape index (κ1) is 23.0. The van der Waals surface area contributed by atoms with Crippen molar-refractivity contribution in [3.63, 3.8) is 0 Å². The van der Waals surface area contributed by atoms with Gasteiger partial charge in [0.2, 0.25) is 0 Å².